The van der Waals surface area contributed by atoms with Gasteiger partial charge in [-0.05, 0) is 13.8 Å². The van der Waals surface area contributed by atoms with Crippen LogP contribution in [-0.2, 0) is 9.53 Å². The molecular formula is C10H19INO2+. The highest BCUT2D eigenvalue weighted by Gasteiger charge is 2.34. The van der Waals surface area contributed by atoms with Crippen molar-refractivity contribution in [2.45, 2.75) is 32.3 Å². The number of rotatable bonds is 3. The fourth-order valence-electron chi connectivity index (χ4n) is 2.03. The third kappa shape index (κ3) is 3.38. The first-order valence-corrected chi connectivity index (χ1v) is 6.68. The zero-order valence-corrected chi connectivity index (χ0v) is 11.0. The van der Waals surface area contributed by atoms with Gasteiger partial charge in [0.1, 0.15) is 5.60 Å². The first kappa shape index (κ1) is 12.2. The number of carbonyl (C=O) groups excluding carboxylic acids is 1. The highest BCUT2D eigenvalue weighted by molar-refractivity contribution is 14.1. The summed E-state index contributed by atoms with van der Waals surface area (Å²) in [5.74, 6) is 0.435. The zero-order chi connectivity index (χ0) is 10.6. The SMILES string of the molecule is CC(C)(OC(=O)CI)C1CC[NH2+]CC1. The summed E-state index contributed by atoms with van der Waals surface area (Å²) in [4.78, 5) is 11.2. The monoisotopic (exact) mass is 312 g/mol. The number of halogens is 1. The Morgan fingerprint density at radius 1 is 1.50 bits per heavy atom. The Balaban J connectivity index is 2.49. The second-order valence-corrected chi connectivity index (χ2v) is 5.11. The standard InChI is InChI=1S/C10H18INO2/c1-10(2,14-9(13)7-11)8-3-5-12-6-4-8/h8,12H,3-7H2,1-2H3/p+1. The Kier molecular flexibility index (Phi) is 4.63. The van der Waals surface area contributed by atoms with Crippen molar-refractivity contribution in [2.24, 2.45) is 5.92 Å². The lowest BCUT2D eigenvalue weighted by Gasteiger charge is -2.35. The number of hydrogen-bond acceptors (Lipinski definition) is 2. The molecule has 1 aliphatic heterocycles. The minimum atomic E-state index is -0.281. The molecule has 3 nitrogen and oxygen atoms in total. The number of alkyl halides is 1. The highest BCUT2D eigenvalue weighted by atomic mass is 127. The molecule has 0 bridgehead atoms. The fraction of sp³-hybridized carbons (Fsp3) is 0.900. The van der Waals surface area contributed by atoms with Gasteiger partial charge in [0.15, 0.2) is 0 Å². The molecule has 0 aromatic carbocycles. The van der Waals surface area contributed by atoms with Gasteiger partial charge in [-0.25, -0.2) is 0 Å². The zero-order valence-electron chi connectivity index (χ0n) is 8.88. The molecule has 0 atom stereocenters. The number of nitrogens with two attached hydrogens (primary N) is 1. The predicted molar refractivity (Wildman–Crippen MR) is 63.4 cm³/mol. The molecule has 1 heterocycles. The number of hydrogen-bond donors (Lipinski definition) is 1. The summed E-state index contributed by atoms with van der Waals surface area (Å²) in [7, 11) is 0. The molecule has 0 aliphatic carbocycles. The van der Waals surface area contributed by atoms with E-state index < -0.39 is 0 Å². The van der Waals surface area contributed by atoms with Crippen LogP contribution in [0.3, 0.4) is 0 Å². The van der Waals surface area contributed by atoms with E-state index in [9.17, 15) is 4.79 Å². The highest BCUT2D eigenvalue weighted by Crippen LogP contribution is 2.27. The maximum absolute atomic E-state index is 11.2. The summed E-state index contributed by atoms with van der Waals surface area (Å²) in [6.45, 7) is 6.39. The van der Waals surface area contributed by atoms with Gasteiger partial charge in [0, 0.05) is 18.8 Å². The number of carbonyl (C=O) groups is 1. The Morgan fingerprint density at radius 3 is 2.57 bits per heavy atom. The molecule has 0 amide bonds. The molecular weight excluding hydrogens is 293 g/mol. The Hall–Kier alpha value is 0.160. The second kappa shape index (κ2) is 5.30. The van der Waals surface area contributed by atoms with Gasteiger partial charge in [-0.2, -0.15) is 0 Å². The lowest BCUT2D eigenvalue weighted by molar-refractivity contribution is -0.665. The van der Waals surface area contributed by atoms with E-state index in [0.717, 1.165) is 25.9 Å². The molecule has 4 heteroatoms. The first-order valence-electron chi connectivity index (χ1n) is 5.15. The summed E-state index contributed by atoms with van der Waals surface area (Å²) in [6, 6.07) is 0. The summed E-state index contributed by atoms with van der Waals surface area (Å²) in [5.41, 5.74) is -0.281. The van der Waals surface area contributed by atoms with Crippen molar-refractivity contribution >= 4 is 28.6 Å². The van der Waals surface area contributed by atoms with Gasteiger partial charge in [-0.1, -0.05) is 22.6 Å². The average Bonchev–Trinajstić information content (AvgIpc) is 2.18. The lowest BCUT2D eigenvalue weighted by Crippen LogP contribution is -2.86. The average molecular weight is 312 g/mol. The van der Waals surface area contributed by atoms with Crippen molar-refractivity contribution in [1.82, 2.24) is 0 Å². The van der Waals surface area contributed by atoms with Crippen molar-refractivity contribution in [1.29, 1.82) is 0 Å². The lowest BCUT2D eigenvalue weighted by atomic mass is 9.83. The van der Waals surface area contributed by atoms with Crippen LogP contribution in [0.1, 0.15) is 26.7 Å². The van der Waals surface area contributed by atoms with Crippen LogP contribution in [0.25, 0.3) is 0 Å². The summed E-state index contributed by atoms with van der Waals surface area (Å²) in [6.07, 6.45) is 2.31. The second-order valence-electron chi connectivity index (χ2n) is 4.35. The molecule has 1 rings (SSSR count). The molecule has 0 radical (unpaired) electrons. The maximum atomic E-state index is 11.2. The summed E-state index contributed by atoms with van der Waals surface area (Å²) >= 11 is 2.04. The molecule has 0 spiro atoms. The molecule has 0 unspecified atom stereocenters. The van der Waals surface area contributed by atoms with Crippen LogP contribution < -0.4 is 5.32 Å². The van der Waals surface area contributed by atoms with Gasteiger partial charge in [0.25, 0.3) is 0 Å². The van der Waals surface area contributed by atoms with Crippen LogP contribution in [0.2, 0.25) is 0 Å². The molecule has 0 aromatic heterocycles. The maximum Gasteiger partial charge on any atom is 0.316 e. The van der Waals surface area contributed by atoms with Crippen molar-refractivity contribution in [3.05, 3.63) is 0 Å². The van der Waals surface area contributed by atoms with Crippen LogP contribution in [0, 0.1) is 5.92 Å². The van der Waals surface area contributed by atoms with E-state index in [0.29, 0.717) is 10.3 Å². The summed E-state index contributed by atoms with van der Waals surface area (Å²) < 4.78 is 5.91. The van der Waals surface area contributed by atoms with Crippen molar-refractivity contribution in [3.63, 3.8) is 0 Å². The topological polar surface area (TPSA) is 42.9 Å². The smallest absolute Gasteiger partial charge is 0.316 e. The third-order valence-corrected chi connectivity index (χ3v) is 3.53. The van der Waals surface area contributed by atoms with Gasteiger partial charge in [-0.3, -0.25) is 4.79 Å². The van der Waals surface area contributed by atoms with E-state index in [1.807, 2.05) is 36.4 Å². The minimum absolute atomic E-state index is 0.0925. The van der Waals surface area contributed by atoms with E-state index in [-0.39, 0.29) is 11.6 Å². The van der Waals surface area contributed by atoms with Crippen LogP contribution >= 0.6 is 22.6 Å². The molecule has 1 saturated heterocycles. The van der Waals surface area contributed by atoms with Crippen LogP contribution in [0.4, 0.5) is 0 Å². The van der Waals surface area contributed by atoms with Gasteiger partial charge >= 0.3 is 5.97 Å². The minimum Gasteiger partial charge on any atom is -0.459 e. The number of quaternary nitrogens is 1. The Bertz CT molecular complexity index is 200. The first-order chi connectivity index (χ1) is 6.56. The van der Waals surface area contributed by atoms with E-state index in [1.165, 1.54) is 0 Å². The molecule has 1 fully saturated rings. The van der Waals surface area contributed by atoms with E-state index in [2.05, 4.69) is 5.32 Å². The normalized spacial score (nSPS) is 19.4. The van der Waals surface area contributed by atoms with Crippen molar-refractivity contribution in [2.75, 3.05) is 17.5 Å². The van der Waals surface area contributed by atoms with Crippen molar-refractivity contribution < 1.29 is 14.8 Å². The molecule has 2 N–H and O–H groups in total. The van der Waals surface area contributed by atoms with Gasteiger partial charge in [-0.15, -0.1) is 0 Å². The predicted octanol–water partition coefficient (Wildman–Crippen LogP) is 0.717. The Morgan fingerprint density at radius 2 is 2.07 bits per heavy atom. The summed E-state index contributed by atoms with van der Waals surface area (Å²) in [5, 5.41) is 2.33. The van der Waals surface area contributed by atoms with Crippen LogP contribution in [-0.4, -0.2) is 29.1 Å². The quantitative estimate of drug-likeness (QED) is 0.474. The molecule has 0 aromatic rings. The molecule has 0 saturated carbocycles. The molecule has 14 heavy (non-hydrogen) atoms. The largest absolute Gasteiger partial charge is 0.459 e. The number of piperidine rings is 1. The molecule has 1 aliphatic rings. The van der Waals surface area contributed by atoms with E-state index in [1.54, 1.807) is 0 Å². The van der Waals surface area contributed by atoms with E-state index >= 15 is 0 Å². The Labute approximate surface area is 99.1 Å². The van der Waals surface area contributed by atoms with Crippen molar-refractivity contribution in [3.8, 4) is 0 Å². The molecule has 82 valence electrons. The fourth-order valence-corrected chi connectivity index (χ4v) is 2.18. The van der Waals surface area contributed by atoms with Gasteiger partial charge in [0.2, 0.25) is 0 Å². The van der Waals surface area contributed by atoms with Crippen LogP contribution in [0.5, 0.6) is 0 Å². The van der Waals surface area contributed by atoms with Gasteiger partial charge < -0.3 is 10.1 Å². The van der Waals surface area contributed by atoms with Crippen LogP contribution in [0.15, 0.2) is 0 Å². The number of esters is 1. The number of ether oxygens (including phenoxy) is 1. The third-order valence-electron chi connectivity index (χ3n) is 2.91. The van der Waals surface area contributed by atoms with E-state index in [4.69, 9.17) is 4.74 Å². The van der Waals surface area contributed by atoms with Gasteiger partial charge in [0.05, 0.1) is 17.5 Å².